The third kappa shape index (κ3) is 6.47. The van der Waals surface area contributed by atoms with Gasteiger partial charge >= 0.3 is 12.1 Å². The average molecular weight is 560 g/mol. The van der Waals surface area contributed by atoms with Crippen LogP contribution in [-0.2, 0) is 20.6 Å². The van der Waals surface area contributed by atoms with Gasteiger partial charge in [-0.25, -0.2) is 0 Å². The number of alkyl halides is 3. The van der Waals surface area contributed by atoms with Crippen LogP contribution in [0, 0.1) is 17.3 Å². The highest BCUT2D eigenvalue weighted by molar-refractivity contribution is 6.46. The van der Waals surface area contributed by atoms with Gasteiger partial charge in [-0.05, 0) is 61.1 Å². The maximum Gasteiger partial charge on any atom is 0.416 e. The second-order valence-corrected chi connectivity index (χ2v) is 12.0. The van der Waals surface area contributed by atoms with Gasteiger partial charge in [0.05, 0.1) is 17.9 Å². The lowest BCUT2D eigenvalue weighted by Gasteiger charge is -2.45. The molecular formula is C30H36F3N3O4. The van der Waals surface area contributed by atoms with Crippen LogP contribution < -0.4 is 5.32 Å². The Labute approximate surface area is 232 Å². The first-order chi connectivity index (χ1) is 18.7. The monoisotopic (exact) mass is 559 g/mol. The lowest BCUT2D eigenvalue weighted by atomic mass is 9.69. The van der Waals surface area contributed by atoms with Crippen molar-refractivity contribution in [3.05, 3.63) is 59.2 Å². The van der Waals surface area contributed by atoms with Crippen molar-refractivity contribution in [1.29, 1.82) is 0 Å². The molecule has 1 aromatic carbocycles. The Kier molecular flexibility index (Phi) is 8.28. The number of nitrogens with one attached hydrogen (secondary N) is 1. The molecule has 1 unspecified atom stereocenters. The number of carbonyl (C=O) groups is 3. The second-order valence-electron chi connectivity index (χ2n) is 12.0. The van der Waals surface area contributed by atoms with Gasteiger partial charge in [0, 0.05) is 18.7 Å². The second kappa shape index (κ2) is 11.2. The molecule has 4 rings (SSSR count). The molecule has 1 fully saturated rings. The Hall–Kier alpha value is -3.43. The van der Waals surface area contributed by atoms with Gasteiger partial charge in [0.2, 0.25) is 5.91 Å². The number of halogens is 3. The zero-order chi connectivity index (χ0) is 29.3. The minimum atomic E-state index is -4.53. The molecule has 216 valence electrons. The molecule has 0 aromatic heterocycles. The number of aliphatic imine (C=N–C) groups is 1. The number of carbonyl (C=O) groups excluding carboxylic acids is 2. The number of amides is 2. The summed E-state index contributed by atoms with van der Waals surface area (Å²) in [4.78, 5) is 43.4. The summed E-state index contributed by atoms with van der Waals surface area (Å²) in [7, 11) is 0. The minimum Gasteiger partial charge on any atom is -0.481 e. The van der Waals surface area contributed by atoms with Crippen molar-refractivity contribution in [1.82, 2.24) is 10.2 Å². The Morgan fingerprint density at radius 1 is 1.18 bits per heavy atom. The van der Waals surface area contributed by atoms with Gasteiger partial charge in [-0.3, -0.25) is 19.4 Å². The van der Waals surface area contributed by atoms with Gasteiger partial charge in [-0.15, -0.1) is 0 Å². The molecule has 2 aliphatic carbocycles. The topological polar surface area (TPSA) is 99.1 Å². The Bertz CT molecular complexity index is 1250. The van der Waals surface area contributed by atoms with Crippen LogP contribution in [-0.4, -0.2) is 52.3 Å². The molecule has 1 spiro atoms. The first kappa shape index (κ1) is 29.6. The van der Waals surface area contributed by atoms with Crippen molar-refractivity contribution in [3.8, 4) is 0 Å². The molecule has 0 bridgehead atoms. The molecule has 2 amide bonds. The lowest BCUT2D eigenvalue weighted by Crippen LogP contribution is -2.50. The molecule has 1 atom stereocenters. The first-order valence-corrected chi connectivity index (χ1v) is 13.7. The summed E-state index contributed by atoms with van der Waals surface area (Å²) in [6, 6.07) is 4.77. The fourth-order valence-electron chi connectivity index (χ4n) is 5.79. The molecule has 40 heavy (non-hydrogen) atoms. The molecule has 1 aromatic rings. The third-order valence-electron chi connectivity index (χ3n) is 8.24. The highest BCUT2D eigenvalue weighted by Crippen LogP contribution is 2.47. The molecule has 2 N–H and O–H groups in total. The van der Waals surface area contributed by atoms with E-state index in [0.717, 1.165) is 30.5 Å². The highest BCUT2D eigenvalue weighted by atomic mass is 19.4. The number of benzene rings is 1. The smallest absolute Gasteiger partial charge is 0.416 e. The van der Waals surface area contributed by atoms with E-state index < -0.39 is 35.2 Å². The van der Waals surface area contributed by atoms with E-state index in [-0.39, 0.29) is 42.1 Å². The van der Waals surface area contributed by atoms with Crippen LogP contribution in [0.3, 0.4) is 0 Å². The summed E-state index contributed by atoms with van der Waals surface area (Å²) in [6.45, 7) is 6.85. The third-order valence-corrected chi connectivity index (χ3v) is 8.24. The molecule has 10 heteroatoms. The molecule has 0 radical (unpaired) electrons. The number of rotatable bonds is 7. The molecule has 1 aliphatic heterocycles. The van der Waals surface area contributed by atoms with Gasteiger partial charge in [-0.2, -0.15) is 13.2 Å². The van der Waals surface area contributed by atoms with Crippen LogP contribution in [0.4, 0.5) is 13.2 Å². The standard InChI is InChI=1S/C30H36F3N3O4/c1-28(2,3)22-11-14-29(15-12-22)35-25(21-5-4-6-23(17-21)30(31,32)33)27(40)36(29)18-19-7-9-20(10-8-19)26(39)34-16-13-24(37)38/h4-9,17,20,22H,10-16,18H2,1-3H3,(H,34,39)(H,37,38). The zero-order valence-corrected chi connectivity index (χ0v) is 23.1. The minimum absolute atomic E-state index is 0.0467. The maximum absolute atomic E-state index is 13.8. The SMILES string of the molecule is CC(C)(C)C1CCC2(CC1)N=C(c1cccc(C(F)(F)F)c1)C(=O)N2CC1=CCC(C(=O)NCCC(=O)O)C=C1. The summed E-state index contributed by atoms with van der Waals surface area (Å²) >= 11 is 0. The highest BCUT2D eigenvalue weighted by Gasteiger charge is 2.50. The number of carboxylic acids is 1. The van der Waals surface area contributed by atoms with Crippen molar-refractivity contribution in [3.63, 3.8) is 0 Å². The Morgan fingerprint density at radius 3 is 2.45 bits per heavy atom. The summed E-state index contributed by atoms with van der Waals surface area (Å²) in [5, 5.41) is 11.4. The van der Waals surface area contributed by atoms with Crippen molar-refractivity contribution in [2.24, 2.45) is 22.2 Å². The predicted molar refractivity (Wildman–Crippen MR) is 144 cm³/mol. The van der Waals surface area contributed by atoms with E-state index >= 15 is 0 Å². The molecule has 7 nitrogen and oxygen atoms in total. The number of hydrogen-bond acceptors (Lipinski definition) is 4. The average Bonchev–Trinajstić information content (AvgIpc) is 3.14. The van der Waals surface area contributed by atoms with E-state index in [2.05, 4.69) is 26.1 Å². The number of nitrogens with zero attached hydrogens (tertiary/aromatic N) is 2. The van der Waals surface area contributed by atoms with E-state index in [0.29, 0.717) is 25.2 Å². The fourth-order valence-corrected chi connectivity index (χ4v) is 5.79. The Balaban J connectivity index is 1.55. The van der Waals surface area contributed by atoms with Crippen LogP contribution in [0.15, 0.2) is 53.1 Å². The summed E-state index contributed by atoms with van der Waals surface area (Å²) in [5.41, 5.74) is -0.530. The zero-order valence-electron chi connectivity index (χ0n) is 23.1. The van der Waals surface area contributed by atoms with Crippen molar-refractivity contribution in [2.75, 3.05) is 13.1 Å². The number of carboxylic acid groups (broad SMARTS) is 1. The number of allylic oxidation sites excluding steroid dienone is 1. The molecular weight excluding hydrogens is 523 g/mol. The summed E-state index contributed by atoms with van der Waals surface area (Å²) in [6.07, 6.45) is 4.04. The van der Waals surface area contributed by atoms with Crippen molar-refractivity contribution >= 4 is 23.5 Å². The van der Waals surface area contributed by atoms with Crippen molar-refractivity contribution in [2.45, 2.75) is 71.1 Å². The van der Waals surface area contributed by atoms with Crippen LogP contribution in [0.2, 0.25) is 0 Å². The van der Waals surface area contributed by atoms with Crippen molar-refractivity contribution < 1.29 is 32.7 Å². The summed E-state index contributed by atoms with van der Waals surface area (Å²) < 4.78 is 40.3. The van der Waals surface area contributed by atoms with Crippen LogP contribution >= 0.6 is 0 Å². The van der Waals surface area contributed by atoms with Gasteiger partial charge in [0.25, 0.3) is 5.91 Å². The number of hydrogen-bond donors (Lipinski definition) is 2. The quantitative estimate of drug-likeness (QED) is 0.470. The van der Waals surface area contributed by atoms with E-state index in [1.807, 2.05) is 6.08 Å². The van der Waals surface area contributed by atoms with Crippen LogP contribution in [0.1, 0.15) is 70.4 Å². The van der Waals surface area contributed by atoms with Gasteiger partial charge in [0.1, 0.15) is 11.4 Å². The molecule has 1 saturated carbocycles. The molecule has 1 heterocycles. The first-order valence-electron chi connectivity index (χ1n) is 13.7. The van der Waals surface area contributed by atoms with Gasteiger partial charge in [0.15, 0.2) is 0 Å². The number of aliphatic carboxylic acids is 1. The molecule has 3 aliphatic rings. The van der Waals surface area contributed by atoms with E-state index in [1.165, 1.54) is 12.1 Å². The molecule has 0 saturated heterocycles. The van der Waals surface area contributed by atoms with Crippen LogP contribution in [0.25, 0.3) is 0 Å². The normalized spacial score (nSPS) is 25.1. The largest absolute Gasteiger partial charge is 0.481 e. The van der Waals surface area contributed by atoms with E-state index in [9.17, 15) is 27.6 Å². The maximum atomic E-state index is 13.8. The fraction of sp³-hybridized carbons (Fsp3) is 0.533. The van der Waals surface area contributed by atoms with Crippen LogP contribution in [0.5, 0.6) is 0 Å². The predicted octanol–water partition coefficient (Wildman–Crippen LogP) is 5.36. The van der Waals surface area contributed by atoms with E-state index in [4.69, 9.17) is 10.1 Å². The van der Waals surface area contributed by atoms with E-state index in [1.54, 1.807) is 17.1 Å². The lowest BCUT2D eigenvalue weighted by molar-refractivity contribution is -0.138. The Morgan fingerprint density at radius 2 is 1.88 bits per heavy atom. The van der Waals surface area contributed by atoms with Gasteiger partial charge < -0.3 is 15.3 Å². The van der Waals surface area contributed by atoms with Gasteiger partial charge in [-0.1, -0.05) is 51.1 Å². The summed E-state index contributed by atoms with van der Waals surface area (Å²) in [5.74, 6) is -1.65.